The first-order valence-electron chi connectivity index (χ1n) is 11.7. The number of aryl methyl sites for hydroxylation is 2. The summed E-state index contributed by atoms with van der Waals surface area (Å²) >= 11 is 0. The Morgan fingerprint density at radius 3 is 2.74 bits per heavy atom. The van der Waals surface area contributed by atoms with Crippen LogP contribution in [0.4, 0.5) is 0 Å². The second-order valence-corrected chi connectivity index (χ2v) is 9.29. The molecule has 35 heavy (non-hydrogen) atoms. The summed E-state index contributed by atoms with van der Waals surface area (Å²) in [5, 5.41) is 7.11. The van der Waals surface area contributed by atoms with Gasteiger partial charge in [-0.05, 0) is 57.1 Å². The molecule has 1 aliphatic heterocycles. The largest absolute Gasteiger partial charge is 0.455 e. The third-order valence-corrected chi connectivity index (χ3v) is 6.96. The summed E-state index contributed by atoms with van der Waals surface area (Å²) < 4.78 is 9.83. The molecule has 0 radical (unpaired) electrons. The number of carbonyl (C=O) groups is 2. The number of carbonyl (C=O) groups excluding carboxylic acids is 2. The highest BCUT2D eigenvalue weighted by Crippen LogP contribution is 2.32. The van der Waals surface area contributed by atoms with Gasteiger partial charge in [0.2, 0.25) is 0 Å². The summed E-state index contributed by atoms with van der Waals surface area (Å²) in [6.45, 7) is 5.72. The van der Waals surface area contributed by atoms with E-state index in [-0.39, 0.29) is 17.9 Å². The molecular weight excluding hydrogens is 444 g/mol. The molecule has 1 fully saturated rings. The monoisotopic (exact) mass is 474 g/mol. The molecule has 1 atom stereocenters. The zero-order chi connectivity index (χ0) is 24.9. The van der Waals surface area contributed by atoms with Gasteiger partial charge in [0.05, 0.1) is 11.8 Å². The molecular formula is C26H30N6O3. The van der Waals surface area contributed by atoms with Gasteiger partial charge < -0.3 is 24.3 Å². The van der Waals surface area contributed by atoms with E-state index in [1.165, 1.54) is 0 Å². The lowest BCUT2D eigenvalue weighted by Gasteiger charge is -2.24. The van der Waals surface area contributed by atoms with E-state index >= 15 is 0 Å². The van der Waals surface area contributed by atoms with Crippen LogP contribution in [-0.4, -0.2) is 75.9 Å². The molecule has 1 saturated heterocycles. The van der Waals surface area contributed by atoms with Crippen molar-refractivity contribution < 1.29 is 14.3 Å². The van der Waals surface area contributed by atoms with Crippen LogP contribution in [0.25, 0.3) is 11.0 Å². The lowest BCUT2D eigenvalue weighted by Crippen LogP contribution is -2.38. The Labute approximate surface area is 203 Å². The first-order chi connectivity index (χ1) is 16.8. The number of rotatable bonds is 5. The molecule has 9 nitrogen and oxygen atoms in total. The van der Waals surface area contributed by atoms with Gasteiger partial charge in [-0.2, -0.15) is 5.10 Å². The minimum absolute atomic E-state index is 0.00828. The Balaban J connectivity index is 1.48. The smallest absolute Gasteiger partial charge is 0.268 e. The molecule has 4 aromatic rings. The molecule has 0 aliphatic carbocycles. The maximum absolute atomic E-state index is 13.3. The van der Waals surface area contributed by atoms with Crippen molar-refractivity contribution >= 4 is 22.8 Å². The van der Waals surface area contributed by atoms with Crippen molar-refractivity contribution in [2.75, 3.05) is 34.2 Å². The van der Waals surface area contributed by atoms with Gasteiger partial charge in [0.25, 0.3) is 11.8 Å². The topological polar surface area (TPSA) is 83.6 Å². The Kier molecular flexibility index (Phi) is 5.72. The van der Waals surface area contributed by atoms with Crippen LogP contribution in [0.15, 0.2) is 42.9 Å². The number of likely N-dealkylation sites (N-methyl/N-ethyl adjacent to an activating group) is 2. The van der Waals surface area contributed by atoms with E-state index in [0.29, 0.717) is 22.8 Å². The minimum atomic E-state index is -0.137. The van der Waals surface area contributed by atoms with E-state index in [9.17, 15) is 9.59 Å². The highest BCUT2D eigenvalue weighted by atomic mass is 16.5. The average Bonchev–Trinajstić information content (AvgIpc) is 3.52. The van der Waals surface area contributed by atoms with Crippen LogP contribution in [0.1, 0.15) is 38.4 Å². The first-order valence-corrected chi connectivity index (χ1v) is 11.7. The average molecular weight is 475 g/mol. The molecule has 4 aromatic heterocycles. The van der Waals surface area contributed by atoms with E-state index in [2.05, 4.69) is 22.4 Å². The van der Waals surface area contributed by atoms with E-state index in [1.807, 2.05) is 54.6 Å². The molecule has 0 spiro atoms. The molecule has 0 saturated carbocycles. The number of hydrogen-bond donors (Lipinski definition) is 1. The van der Waals surface area contributed by atoms with Crippen LogP contribution in [0, 0.1) is 13.8 Å². The van der Waals surface area contributed by atoms with Gasteiger partial charge in [-0.15, -0.1) is 0 Å². The maximum atomic E-state index is 13.3. The predicted molar refractivity (Wildman–Crippen MR) is 134 cm³/mol. The summed E-state index contributed by atoms with van der Waals surface area (Å²) in [5.41, 5.74) is 4.55. The summed E-state index contributed by atoms with van der Waals surface area (Å²) in [6.07, 6.45) is 6.24. The fourth-order valence-corrected chi connectivity index (χ4v) is 5.00. The Bertz CT molecular complexity index is 1450. The summed E-state index contributed by atoms with van der Waals surface area (Å²) in [4.78, 5) is 29.7. The third-order valence-electron chi connectivity index (χ3n) is 6.96. The molecule has 5 rings (SSSR count). The highest BCUT2D eigenvalue weighted by molar-refractivity contribution is 5.98. The minimum Gasteiger partial charge on any atom is -0.455 e. The van der Waals surface area contributed by atoms with Crippen LogP contribution in [0.5, 0.6) is 11.5 Å². The highest BCUT2D eigenvalue weighted by Gasteiger charge is 2.29. The third kappa shape index (κ3) is 3.91. The molecule has 0 aromatic carbocycles. The molecule has 182 valence electrons. The summed E-state index contributed by atoms with van der Waals surface area (Å²) in [6, 6.07) is 7.68. The summed E-state index contributed by atoms with van der Waals surface area (Å²) in [7, 11) is 5.58. The van der Waals surface area contributed by atoms with Gasteiger partial charge in [0.15, 0.2) is 5.75 Å². The van der Waals surface area contributed by atoms with Crippen LogP contribution in [0.2, 0.25) is 0 Å². The first kappa shape index (κ1) is 22.9. The quantitative estimate of drug-likeness (QED) is 0.481. The number of nitrogens with zero attached hydrogens (tertiary/aromatic N) is 5. The fourth-order valence-electron chi connectivity index (χ4n) is 5.00. The standard InChI is InChI=1S/C26H30N6O3/c1-16-12-19-13-20(8-11-31(19)23(16)25(33)27-3)35-22-6-9-28-32-15-21(17(2)24(22)32)26(34)30(5)18-7-10-29(4)14-18/h6,8-9,11-13,15,18H,7,10,14H2,1-5H3,(H,27,33)/t18-/m1/s1. The second-order valence-electron chi connectivity index (χ2n) is 9.29. The Morgan fingerprint density at radius 2 is 2.03 bits per heavy atom. The van der Waals surface area contributed by atoms with Crippen molar-refractivity contribution in [2.45, 2.75) is 26.3 Å². The zero-order valence-electron chi connectivity index (χ0n) is 20.7. The zero-order valence-corrected chi connectivity index (χ0v) is 20.7. The van der Waals surface area contributed by atoms with E-state index in [0.717, 1.165) is 41.7 Å². The van der Waals surface area contributed by atoms with Crippen molar-refractivity contribution in [3.63, 3.8) is 0 Å². The van der Waals surface area contributed by atoms with Gasteiger partial charge in [-0.3, -0.25) is 9.59 Å². The molecule has 1 aliphatic rings. The van der Waals surface area contributed by atoms with Crippen LogP contribution in [-0.2, 0) is 0 Å². The van der Waals surface area contributed by atoms with Crippen LogP contribution < -0.4 is 10.1 Å². The van der Waals surface area contributed by atoms with E-state index in [4.69, 9.17) is 4.74 Å². The van der Waals surface area contributed by atoms with Crippen LogP contribution in [0.3, 0.4) is 0 Å². The second kappa shape index (κ2) is 8.74. The number of likely N-dealkylation sites (tertiary alicyclic amines) is 1. The number of nitrogens with one attached hydrogen (secondary N) is 1. The van der Waals surface area contributed by atoms with Crippen molar-refractivity contribution in [1.29, 1.82) is 0 Å². The van der Waals surface area contributed by atoms with E-state index in [1.54, 1.807) is 30.0 Å². The number of hydrogen-bond acceptors (Lipinski definition) is 5. The Morgan fingerprint density at radius 1 is 1.23 bits per heavy atom. The van der Waals surface area contributed by atoms with Gasteiger partial charge in [0, 0.05) is 56.7 Å². The SMILES string of the molecule is CNC(=O)c1c(C)cc2cc(Oc3ccnn4cc(C(=O)N(C)[C@@H]5CCN(C)C5)c(C)c34)ccn12. The number of aromatic nitrogens is 3. The molecule has 0 bridgehead atoms. The summed E-state index contributed by atoms with van der Waals surface area (Å²) in [5.74, 6) is 1.10. The number of pyridine rings is 1. The molecule has 2 amide bonds. The fraction of sp³-hybridized carbons (Fsp3) is 0.346. The van der Waals surface area contributed by atoms with Crippen molar-refractivity contribution in [3.05, 3.63) is 65.2 Å². The van der Waals surface area contributed by atoms with Gasteiger partial charge >= 0.3 is 0 Å². The predicted octanol–water partition coefficient (Wildman–Crippen LogP) is 3.13. The number of fused-ring (bicyclic) bond motifs is 2. The molecule has 5 heterocycles. The van der Waals surface area contributed by atoms with Crippen LogP contribution >= 0.6 is 0 Å². The van der Waals surface area contributed by atoms with Crippen molar-refractivity contribution in [2.24, 2.45) is 0 Å². The van der Waals surface area contributed by atoms with Gasteiger partial charge in [-0.1, -0.05) is 0 Å². The maximum Gasteiger partial charge on any atom is 0.268 e. The Hall–Kier alpha value is -3.85. The number of amides is 2. The van der Waals surface area contributed by atoms with Gasteiger partial charge in [0.1, 0.15) is 17.0 Å². The van der Waals surface area contributed by atoms with Gasteiger partial charge in [-0.25, -0.2) is 4.52 Å². The number of ether oxygens (including phenoxy) is 1. The molecule has 1 N–H and O–H groups in total. The van der Waals surface area contributed by atoms with Crippen molar-refractivity contribution in [1.82, 2.24) is 29.1 Å². The lowest BCUT2D eigenvalue weighted by atomic mass is 10.1. The molecule has 0 unspecified atom stereocenters. The van der Waals surface area contributed by atoms with Crippen molar-refractivity contribution in [3.8, 4) is 11.5 Å². The van der Waals surface area contributed by atoms with E-state index < -0.39 is 0 Å². The molecule has 9 heteroatoms. The normalized spacial score (nSPS) is 16.2. The lowest BCUT2D eigenvalue weighted by molar-refractivity contribution is 0.0736.